The second-order valence-electron chi connectivity index (χ2n) is 6.27. The molecule has 0 bridgehead atoms. The van der Waals surface area contributed by atoms with E-state index in [9.17, 15) is 5.11 Å². The van der Waals surface area contributed by atoms with Crippen LogP contribution in [0.1, 0.15) is 29.5 Å². The van der Waals surface area contributed by atoms with Gasteiger partial charge in [-0.15, -0.1) is 0 Å². The molecule has 3 nitrogen and oxygen atoms in total. The molecule has 136 valence electrons. The molecule has 0 heterocycles. The molecule has 0 radical (unpaired) electrons. The van der Waals surface area contributed by atoms with Crippen molar-refractivity contribution < 1.29 is 9.84 Å². The molecule has 0 saturated carbocycles. The third-order valence-corrected chi connectivity index (χ3v) is 4.40. The Morgan fingerprint density at radius 2 is 1.81 bits per heavy atom. The van der Waals surface area contributed by atoms with Crippen molar-refractivity contribution >= 4 is 11.9 Å². The quantitative estimate of drug-likeness (QED) is 0.425. The number of aliphatic imine (C=N–C) groups is 1. The Morgan fingerprint density at radius 3 is 2.59 bits per heavy atom. The van der Waals surface area contributed by atoms with Crippen molar-refractivity contribution in [2.24, 2.45) is 4.99 Å². The Labute approximate surface area is 160 Å². The number of para-hydroxylation sites is 1. The van der Waals surface area contributed by atoms with Crippen molar-refractivity contribution in [3.63, 3.8) is 0 Å². The first-order chi connectivity index (χ1) is 13.2. The van der Waals surface area contributed by atoms with E-state index in [1.54, 1.807) is 12.3 Å². The zero-order valence-electron chi connectivity index (χ0n) is 15.4. The highest BCUT2D eigenvalue weighted by atomic mass is 16.5. The van der Waals surface area contributed by atoms with E-state index < -0.39 is 0 Å². The summed E-state index contributed by atoms with van der Waals surface area (Å²) < 4.78 is 5.53. The average Bonchev–Trinajstić information content (AvgIpc) is 2.72. The van der Waals surface area contributed by atoms with Crippen LogP contribution in [-0.4, -0.2) is 17.9 Å². The summed E-state index contributed by atoms with van der Waals surface area (Å²) in [7, 11) is 0. The van der Waals surface area contributed by atoms with Gasteiger partial charge in [-0.2, -0.15) is 0 Å². The van der Waals surface area contributed by atoms with Crippen LogP contribution in [0.4, 0.5) is 5.69 Å². The minimum absolute atomic E-state index is 0.0928. The van der Waals surface area contributed by atoms with Crippen LogP contribution in [0.2, 0.25) is 0 Å². The monoisotopic (exact) mass is 357 g/mol. The highest BCUT2D eigenvalue weighted by molar-refractivity contribution is 5.86. The van der Waals surface area contributed by atoms with Gasteiger partial charge < -0.3 is 9.84 Å². The Bertz CT molecular complexity index is 932. The standard InChI is InChI=1S/C24H23NO2/c1-3-15-27-22-13-8-12-21(16-22)25-17-20-11-7-14-23(24(20)26)18(2)19-9-5-4-6-10-19/h3-14,16-18,26H,1,15H2,2H3. The van der Waals surface area contributed by atoms with Crippen molar-refractivity contribution in [3.8, 4) is 11.5 Å². The minimum atomic E-state index is 0.0928. The molecule has 0 saturated heterocycles. The number of nitrogens with zero attached hydrogens (tertiary/aromatic N) is 1. The van der Waals surface area contributed by atoms with Crippen molar-refractivity contribution in [1.29, 1.82) is 0 Å². The van der Waals surface area contributed by atoms with Crippen LogP contribution in [0.25, 0.3) is 0 Å². The van der Waals surface area contributed by atoms with Gasteiger partial charge in [-0.1, -0.05) is 68.1 Å². The second-order valence-corrected chi connectivity index (χ2v) is 6.27. The Hall–Kier alpha value is -3.33. The number of phenols is 1. The van der Waals surface area contributed by atoms with Gasteiger partial charge in [0.15, 0.2) is 0 Å². The third kappa shape index (κ3) is 4.64. The fraction of sp³-hybridized carbons (Fsp3) is 0.125. The Morgan fingerprint density at radius 1 is 1.04 bits per heavy atom. The lowest BCUT2D eigenvalue weighted by Gasteiger charge is -2.15. The summed E-state index contributed by atoms with van der Waals surface area (Å²) in [6.45, 7) is 6.19. The number of aromatic hydroxyl groups is 1. The van der Waals surface area contributed by atoms with E-state index in [0.717, 1.165) is 22.6 Å². The summed E-state index contributed by atoms with van der Waals surface area (Å²) in [6, 6.07) is 23.4. The van der Waals surface area contributed by atoms with E-state index in [-0.39, 0.29) is 11.7 Å². The van der Waals surface area contributed by atoms with Crippen molar-refractivity contribution in [1.82, 2.24) is 0 Å². The van der Waals surface area contributed by atoms with E-state index >= 15 is 0 Å². The molecule has 0 spiro atoms. The zero-order chi connectivity index (χ0) is 19.1. The maximum absolute atomic E-state index is 10.7. The van der Waals surface area contributed by atoms with Crippen molar-refractivity contribution in [3.05, 3.63) is 102 Å². The number of hydrogen-bond donors (Lipinski definition) is 1. The van der Waals surface area contributed by atoms with E-state index in [1.807, 2.05) is 60.7 Å². The van der Waals surface area contributed by atoms with Crippen LogP contribution in [0.3, 0.4) is 0 Å². The SMILES string of the molecule is C=CCOc1cccc(N=Cc2cccc(C(C)c3ccccc3)c2O)c1. The van der Waals surface area contributed by atoms with E-state index in [1.165, 1.54) is 0 Å². The van der Waals surface area contributed by atoms with Gasteiger partial charge in [0.25, 0.3) is 0 Å². The highest BCUT2D eigenvalue weighted by Gasteiger charge is 2.14. The van der Waals surface area contributed by atoms with Gasteiger partial charge in [-0.25, -0.2) is 0 Å². The molecule has 3 rings (SSSR count). The molecule has 0 aliphatic carbocycles. The topological polar surface area (TPSA) is 41.8 Å². The molecule has 1 N–H and O–H groups in total. The molecule has 3 heteroatoms. The number of phenolic OH excluding ortho intramolecular Hbond substituents is 1. The van der Waals surface area contributed by atoms with Gasteiger partial charge in [-0.3, -0.25) is 4.99 Å². The maximum atomic E-state index is 10.7. The lowest BCUT2D eigenvalue weighted by Crippen LogP contribution is -1.98. The maximum Gasteiger partial charge on any atom is 0.128 e. The summed E-state index contributed by atoms with van der Waals surface area (Å²) in [5.74, 6) is 1.09. The largest absolute Gasteiger partial charge is 0.507 e. The predicted octanol–water partition coefficient (Wildman–Crippen LogP) is 5.86. The van der Waals surface area contributed by atoms with Crippen molar-refractivity contribution in [2.45, 2.75) is 12.8 Å². The zero-order valence-corrected chi connectivity index (χ0v) is 15.4. The van der Waals surface area contributed by atoms with Gasteiger partial charge >= 0.3 is 0 Å². The first-order valence-electron chi connectivity index (χ1n) is 8.93. The number of hydrogen-bond acceptors (Lipinski definition) is 3. The molecule has 1 atom stereocenters. The summed E-state index contributed by atoms with van der Waals surface area (Å²) in [5, 5.41) is 10.7. The number of rotatable bonds is 7. The molecule has 0 fully saturated rings. The average molecular weight is 357 g/mol. The van der Waals surface area contributed by atoms with Crippen molar-refractivity contribution in [2.75, 3.05) is 6.61 Å². The number of benzene rings is 3. The molecule has 3 aromatic carbocycles. The first-order valence-corrected chi connectivity index (χ1v) is 8.93. The van der Waals surface area contributed by atoms with Gasteiger partial charge in [0.2, 0.25) is 0 Å². The normalized spacial score (nSPS) is 12.0. The molecule has 1 unspecified atom stereocenters. The minimum Gasteiger partial charge on any atom is -0.507 e. The fourth-order valence-electron chi connectivity index (χ4n) is 2.91. The lowest BCUT2D eigenvalue weighted by molar-refractivity contribution is 0.363. The van der Waals surface area contributed by atoms with Crippen LogP contribution < -0.4 is 4.74 Å². The highest BCUT2D eigenvalue weighted by Crippen LogP contribution is 2.33. The van der Waals surface area contributed by atoms with E-state index in [0.29, 0.717) is 12.2 Å². The van der Waals surface area contributed by atoms with Gasteiger partial charge in [-0.05, 0) is 23.8 Å². The summed E-state index contributed by atoms with van der Waals surface area (Å²) >= 11 is 0. The Balaban J connectivity index is 1.84. The molecule has 3 aromatic rings. The lowest BCUT2D eigenvalue weighted by atomic mass is 9.91. The first kappa shape index (κ1) is 18.5. The third-order valence-electron chi connectivity index (χ3n) is 4.40. The smallest absolute Gasteiger partial charge is 0.128 e. The molecule has 0 amide bonds. The fourth-order valence-corrected chi connectivity index (χ4v) is 2.91. The molecule has 27 heavy (non-hydrogen) atoms. The summed E-state index contributed by atoms with van der Waals surface area (Å²) in [6.07, 6.45) is 3.39. The summed E-state index contributed by atoms with van der Waals surface area (Å²) in [5.41, 5.74) is 3.49. The number of ether oxygens (including phenoxy) is 1. The molecule has 0 aliphatic rings. The summed E-state index contributed by atoms with van der Waals surface area (Å²) in [4.78, 5) is 4.49. The predicted molar refractivity (Wildman–Crippen MR) is 111 cm³/mol. The Kier molecular flexibility index (Phi) is 6.06. The van der Waals surface area contributed by atoms with Gasteiger partial charge in [0.05, 0.1) is 5.69 Å². The molecule has 0 aliphatic heterocycles. The van der Waals surface area contributed by atoms with Crippen LogP contribution in [-0.2, 0) is 0 Å². The second kappa shape index (κ2) is 8.86. The van der Waals surface area contributed by atoms with Crippen LogP contribution in [0, 0.1) is 0 Å². The van der Waals surface area contributed by atoms with Crippen LogP contribution in [0.15, 0.2) is 90.4 Å². The van der Waals surface area contributed by atoms with Gasteiger partial charge in [0, 0.05) is 29.3 Å². The molecular weight excluding hydrogens is 334 g/mol. The van der Waals surface area contributed by atoms with Crippen LogP contribution in [0.5, 0.6) is 11.5 Å². The molecule has 0 aromatic heterocycles. The van der Waals surface area contributed by atoms with Gasteiger partial charge in [0.1, 0.15) is 18.1 Å². The molecular formula is C24H23NO2. The van der Waals surface area contributed by atoms with E-state index in [4.69, 9.17) is 4.74 Å². The van der Waals surface area contributed by atoms with E-state index in [2.05, 4.69) is 30.6 Å². The van der Waals surface area contributed by atoms with Crippen LogP contribution >= 0.6 is 0 Å².